The summed E-state index contributed by atoms with van der Waals surface area (Å²) in [6, 6.07) is 18.5. The number of nitrogens with two attached hydrogens (primary N) is 1. The van der Waals surface area contributed by atoms with E-state index in [-0.39, 0.29) is 23.3 Å². The van der Waals surface area contributed by atoms with Gasteiger partial charge in [0.1, 0.15) is 6.54 Å². The highest BCUT2D eigenvalue weighted by molar-refractivity contribution is 6.01. The topological polar surface area (TPSA) is 95.3 Å². The minimum Gasteiger partial charge on any atom is -0.368 e. The number of para-hydroxylation sites is 2. The van der Waals surface area contributed by atoms with E-state index in [4.69, 9.17) is 5.73 Å². The quantitative estimate of drug-likeness (QED) is 0.352. The van der Waals surface area contributed by atoms with Gasteiger partial charge in [-0.25, -0.2) is 4.98 Å². The number of amides is 1. The molecule has 5 rings (SSSR count). The SMILES string of the molecule is Cc1c(C=Nn2c(-c3cccc(C(F)(F)F)c3)nc3ccccc3c2=O)c2ccccc2n1CC(N)=O. The molecule has 7 nitrogen and oxygen atoms in total. The van der Waals surface area contributed by atoms with Crippen molar-refractivity contribution in [3.05, 3.63) is 100.0 Å². The normalized spacial score (nSPS) is 12.1. The summed E-state index contributed by atoms with van der Waals surface area (Å²) in [5.74, 6) is -0.557. The van der Waals surface area contributed by atoms with Crippen molar-refractivity contribution in [3.8, 4) is 11.4 Å². The second kappa shape index (κ2) is 9.05. The third kappa shape index (κ3) is 4.37. The minimum atomic E-state index is -4.57. The van der Waals surface area contributed by atoms with Crippen molar-refractivity contribution in [3.63, 3.8) is 0 Å². The molecule has 0 aliphatic rings. The zero-order valence-electron chi connectivity index (χ0n) is 19.5. The lowest BCUT2D eigenvalue weighted by Crippen LogP contribution is -2.21. The molecule has 0 atom stereocenters. The number of hydrogen-bond acceptors (Lipinski definition) is 4. The summed E-state index contributed by atoms with van der Waals surface area (Å²) in [7, 11) is 0. The predicted molar refractivity (Wildman–Crippen MR) is 135 cm³/mol. The molecule has 0 bridgehead atoms. The third-order valence-corrected chi connectivity index (χ3v) is 6.10. The zero-order valence-corrected chi connectivity index (χ0v) is 19.5. The Hall–Kier alpha value is -4.73. The lowest BCUT2D eigenvalue weighted by atomic mass is 10.1. The lowest BCUT2D eigenvalue weighted by molar-refractivity contribution is -0.137. The number of hydrogen-bond donors (Lipinski definition) is 1. The Kier molecular flexibility index (Phi) is 5.87. The van der Waals surface area contributed by atoms with E-state index in [0.717, 1.165) is 27.7 Å². The minimum absolute atomic E-state index is 0.0374. The van der Waals surface area contributed by atoms with Crippen molar-refractivity contribution in [1.82, 2.24) is 14.2 Å². The maximum atomic E-state index is 13.4. The van der Waals surface area contributed by atoms with E-state index in [2.05, 4.69) is 10.1 Å². The Morgan fingerprint density at radius 2 is 1.73 bits per heavy atom. The van der Waals surface area contributed by atoms with E-state index in [9.17, 15) is 22.8 Å². The van der Waals surface area contributed by atoms with Crippen LogP contribution in [0, 0.1) is 6.92 Å². The number of benzene rings is 3. The van der Waals surface area contributed by atoms with Gasteiger partial charge in [0.15, 0.2) is 5.82 Å². The molecule has 3 aromatic carbocycles. The van der Waals surface area contributed by atoms with E-state index in [1.165, 1.54) is 18.3 Å². The molecular weight excluding hydrogens is 483 g/mol. The molecule has 0 unspecified atom stereocenters. The molecule has 2 aromatic heterocycles. The number of aromatic nitrogens is 3. The van der Waals surface area contributed by atoms with Crippen molar-refractivity contribution in [1.29, 1.82) is 0 Å². The predicted octanol–water partition coefficient (Wildman–Crippen LogP) is 4.71. The van der Waals surface area contributed by atoms with Gasteiger partial charge in [-0.05, 0) is 37.3 Å². The number of rotatable bonds is 5. The molecule has 0 aliphatic heterocycles. The highest BCUT2D eigenvalue weighted by atomic mass is 19.4. The average Bonchev–Trinajstić information content (AvgIpc) is 3.13. The van der Waals surface area contributed by atoms with Gasteiger partial charge in [-0.2, -0.15) is 22.9 Å². The maximum absolute atomic E-state index is 13.4. The molecule has 5 aromatic rings. The van der Waals surface area contributed by atoms with Crippen molar-refractivity contribution >= 4 is 33.9 Å². The third-order valence-electron chi connectivity index (χ3n) is 6.10. The van der Waals surface area contributed by atoms with Crippen LogP contribution in [-0.4, -0.2) is 26.3 Å². The second-order valence-electron chi connectivity index (χ2n) is 8.46. The number of carbonyl (C=O) groups is 1. The van der Waals surface area contributed by atoms with Gasteiger partial charge in [-0.3, -0.25) is 9.59 Å². The number of halogens is 3. The van der Waals surface area contributed by atoms with Gasteiger partial charge in [0.2, 0.25) is 5.91 Å². The Morgan fingerprint density at radius 1 is 1.03 bits per heavy atom. The fourth-order valence-corrected chi connectivity index (χ4v) is 4.35. The molecule has 0 fully saturated rings. The van der Waals surface area contributed by atoms with Crippen LogP contribution in [0.2, 0.25) is 0 Å². The van der Waals surface area contributed by atoms with Crippen LogP contribution in [0.4, 0.5) is 13.2 Å². The molecule has 10 heteroatoms. The standard InChI is InChI=1S/C27H20F3N5O2/c1-16-21(19-9-3-5-12-23(19)34(16)15-24(31)36)14-32-35-25(17-7-6-8-18(13-17)27(28,29)30)33-22-11-4-2-10-20(22)26(35)37/h2-14H,15H2,1H3,(H2,31,36). The first-order valence-electron chi connectivity index (χ1n) is 11.2. The van der Waals surface area contributed by atoms with Crippen LogP contribution in [-0.2, 0) is 17.5 Å². The molecule has 0 spiro atoms. The number of alkyl halides is 3. The number of carbonyl (C=O) groups excluding carboxylic acids is 1. The van der Waals surface area contributed by atoms with E-state index >= 15 is 0 Å². The Balaban J connectivity index is 1.74. The molecule has 186 valence electrons. The monoisotopic (exact) mass is 503 g/mol. The number of fused-ring (bicyclic) bond motifs is 2. The van der Waals surface area contributed by atoms with E-state index < -0.39 is 23.2 Å². The smallest absolute Gasteiger partial charge is 0.368 e. The lowest BCUT2D eigenvalue weighted by Gasteiger charge is -2.12. The average molecular weight is 503 g/mol. The van der Waals surface area contributed by atoms with Crippen LogP contribution in [0.25, 0.3) is 33.2 Å². The molecule has 0 saturated heterocycles. The van der Waals surface area contributed by atoms with E-state index in [1.807, 2.05) is 24.3 Å². The molecule has 1 amide bonds. The Labute approximate surface area is 208 Å². The molecule has 37 heavy (non-hydrogen) atoms. The summed E-state index contributed by atoms with van der Waals surface area (Å²) < 4.78 is 43.0. The summed E-state index contributed by atoms with van der Waals surface area (Å²) in [6.07, 6.45) is -3.12. The van der Waals surface area contributed by atoms with Gasteiger partial charge in [0, 0.05) is 27.7 Å². The molecule has 0 radical (unpaired) electrons. The van der Waals surface area contributed by atoms with Gasteiger partial charge in [-0.1, -0.05) is 42.5 Å². The van der Waals surface area contributed by atoms with Gasteiger partial charge >= 0.3 is 6.18 Å². The summed E-state index contributed by atoms with van der Waals surface area (Å²) in [4.78, 5) is 29.6. The first-order chi connectivity index (χ1) is 17.6. The highest BCUT2D eigenvalue weighted by Gasteiger charge is 2.31. The van der Waals surface area contributed by atoms with Crippen LogP contribution >= 0.6 is 0 Å². The number of primary amides is 1. The highest BCUT2D eigenvalue weighted by Crippen LogP contribution is 2.32. The van der Waals surface area contributed by atoms with Gasteiger partial charge in [0.05, 0.1) is 22.7 Å². The largest absolute Gasteiger partial charge is 0.416 e. The van der Waals surface area contributed by atoms with Crippen LogP contribution in [0.5, 0.6) is 0 Å². The Morgan fingerprint density at radius 3 is 2.46 bits per heavy atom. The van der Waals surface area contributed by atoms with Crippen molar-refractivity contribution in [2.24, 2.45) is 10.8 Å². The first-order valence-corrected chi connectivity index (χ1v) is 11.2. The van der Waals surface area contributed by atoms with Crippen molar-refractivity contribution in [2.45, 2.75) is 19.6 Å². The summed E-state index contributed by atoms with van der Waals surface area (Å²) in [5, 5.41) is 5.44. The van der Waals surface area contributed by atoms with Crippen LogP contribution in [0.15, 0.2) is 82.7 Å². The van der Waals surface area contributed by atoms with Gasteiger partial charge in [-0.15, -0.1) is 0 Å². The van der Waals surface area contributed by atoms with E-state index in [0.29, 0.717) is 16.8 Å². The zero-order chi connectivity index (χ0) is 26.3. The molecule has 2 heterocycles. The molecule has 0 saturated carbocycles. The fourth-order valence-electron chi connectivity index (χ4n) is 4.35. The van der Waals surface area contributed by atoms with Crippen molar-refractivity contribution in [2.75, 3.05) is 0 Å². The van der Waals surface area contributed by atoms with Crippen LogP contribution in [0.3, 0.4) is 0 Å². The van der Waals surface area contributed by atoms with Gasteiger partial charge in [0.25, 0.3) is 5.56 Å². The summed E-state index contributed by atoms with van der Waals surface area (Å²) >= 11 is 0. The Bertz CT molecular complexity index is 1770. The maximum Gasteiger partial charge on any atom is 0.416 e. The number of nitrogens with zero attached hydrogens (tertiary/aromatic N) is 4. The fraction of sp³-hybridized carbons (Fsp3) is 0.111. The van der Waals surface area contributed by atoms with Crippen LogP contribution in [0.1, 0.15) is 16.8 Å². The molecule has 2 N–H and O–H groups in total. The summed E-state index contributed by atoms with van der Waals surface area (Å²) in [5.41, 5.74) is 6.52. The van der Waals surface area contributed by atoms with Crippen LogP contribution < -0.4 is 11.3 Å². The molecule has 0 aliphatic carbocycles. The molecular formula is C27H20F3N5O2. The van der Waals surface area contributed by atoms with Crippen molar-refractivity contribution < 1.29 is 18.0 Å². The first kappa shape index (κ1) is 24.0. The summed E-state index contributed by atoms with van der Waals surface area (Å²) in [6.45, 7) is 1.74. The second-order valence-corrected chi connectivity index (χ2v) is 8.46. The van der Waals surface area contributed by atoms with E-state index in [1.54, 1.807) is 35.8 Å². The van der Waals surface area contributed by atoms with Gasteiger partial charge < -0.3 is 10.3 Å².